The molecule has 1 aromatic rings. The second kappa shape index (κ2) is 9.36. The lowest BCUT2D eigenvalue weighted by atomic mass is 9.81. The van der Waals surface area contributed by atoms with Gasteiger partial charge >= 0.3 is 0 Å². The minimum absolute atomic E-state index is 0.0147. The highest BCUT2D eigenvalue weighted by atomic mass is 16.2. The van der Waals surface area contributed by atoms with Crippen LogP contribution in [0.2, 0.25) is 0 Å². The summed E-state index contributed by atoms with van der Waals surface area (Å²) in [4.78, 5) is 35.8. The first-order valence-electron chi connectivity index (χ1n) is 9.31. The van der Waals surface area contributed by atoms with Gasteiger partial charge in [0.15, 0.2) is 0 Å². The fourth-order valence-electron chi connectivity index (χ4n) is 3.19. The number of carbonyl (C=O) groups is 3. The number of anilines is 2. The maximum absolute atomic E-state index is 12.5. The highest BCUT2D eigenvalue weighted by molar-refractivity contribution is 5.94. The van der Waals surface area contributed by atoms with Gasteiger partial charge in [-0.25, -0.2) is 0 Å². The van der Waals surface area contributed by atoms with Gasteiger partial charge in [-0.3, -0.25) is 14.4 Å². The zero-order valence-corrected chi connectivity index (χ0v) is 15.8. The Kier molecular flexibility index (Phi) is 7.18. The summed E-state index contributed by atoms with van der Waals surface area (Å²) in [6.45, 7) is 6.29. The smallest absolute Gasteiger partial charge is 0.227 e. The molecule has 1 aromatic carbocycles. The Balaban J connectivity index is 1.83. The lowest BCUT2D eigenvalue weighted by Crippen LogP contribution is -2.37. The number of carbonyl (C=O) groups excluding carboxylic acids is 3. The summed E-state index contributed by atoms with van der Waals surface area (Å²) in [5.74, 6) is 0.318. The summed E-state index contributed by atoms with van der Waals surface area (Å²) in [7, 11) is 0. The number of hydrogen-bond donors (Lipinski definition) is 3. The monoisotopic (exact) mass is 359 g/mol. The van der Waals surface area contributed by atoms with E-state index in [1.54, 1.807) is 24.3 Å². The van der Waals surface area contributed by atoms with Gasteiger partial charge in [0.05, 0.1) is 0 Å². The fourth-order valence-corrected chi connectivity index (χ4v) is 3.19. The molecule has 0 radical (unpaired) electrons. The van der Waals surface area contributed by atoms with Crippen molar-refractivity contribution in [2.75, 3.05) is 17.2 Å². The van der Waals surface area contributed by atoms with Crippen LogP contribution in [0.4, 0.5) is 11.4 Å². The third kappa shape index (κ3) is 6.17. The van der Waals surface area contributed by atoms with Crippen LogP contribution in [0.3, 0.4) is 0 Å². The molecule has 26 heavy (non-hydrogen) atoms. The molecule has 1 aliphatic rings. The summed E-state index contributed by atoms with van der Waals surface area (Å²) in [6, 6.07) is 7.10. The third-order valence-corrected chi connectivity index (χ3v) is 4.60. The number of nitrogens with one attached hydrogen (secondary N) is 3. The first-order valence-corrected chi connectivity index (χ1v) is 9.31. The van der Waals surface area contributed by atoms with Crippen LogP contribution in [0.1, 0.15) is 46.5 Å². The van der Waals surface area contributed by atoms with Gasteiger partial charge < -0.3 is 16.0 Å². The van der Waals surface area contributed by atoms with E-state index < -0.39 is 0 Å². The van der Waals surface area contributed by atoms with Gasteiger partial charge in [-0.05, 0) is 49.8 Å². The van der Waals surface area contributed by atoms with E-state index in [0.717, 1.165) is 25.7 Å². The van der Waals surface area contributed by atoms with Crippen molar-refractivity contribution in [3.05, 3.63) is 24.3 Å². The summed E-state index contributed by atoms with van der Waals surface area (Å²) >= 11 is 0. The van der Waals surface area contributed by atoms with E-state index in [1.807, 2.05) is 0 Å². The molecule has 2 rings (SSSR count). The first-order chi connectivity index (χ1) is 12.3. The maximum atomic E-state index is 12.5. The van der Waals surface area contributed by atoms with Gasteiger partial charge in [0.25, 0.3) is 0 Å². The molecule has 0 atom stereocenters. The Morgan fingerprint density at radius 2 is 1.50 bits per heavy atom. The highest BCUT2D eigenvalue weighted by Crippen LogP contribution is 2.30. The Labute approximate surface area is 155 Å². The van der Waals surface area contributed by atoms with Crippen LogP contribution in [0.25, 0.3) is 0 Å². The molecule has 1 saturated carbocycles. The van der Waals surface area contributed by atoms with Crippen molar-refractivity contribution >= 4 is 29.1 Å². The molecule has 0 bridgehead atoms. The van der Waals surface area contributed by atoms with Gasteiger partial charge in [-0.1, -0.05) is 19.9 Å². The molecule has 6 heteroatoms. The SMILES string of the molecule is CC(=O)Nc1cccc(NC(=O)C2CCC(C(=O)NCC(C)C)CC2)c1. The average molecular weight is 359 g/mol. The Morgan fingerprint density at radius 3 is 2.04 bits per heavy atom. The molecule has 0 unspecified atom stereocenters. The van der Waals surface area contributed by atoms with Crippen molar-refractivity contribution in [3.8, 4) is 0 Å². The standard InChI is InChI=1S/C20H29N3O3/c1-13(2)12-21-19(25)15-7-9-16(10-8-15)20(26)23-18-6-4-5-17(11-18)22-14(3)24/h4-6,11,13,15-16H,7-10,12H2,1-3H3,(H,21,25)(H,22,24)(H,23,26). The van der Waals surface area contributed by atoms with Crippen molar-refractivity contribution in [2.45, 2.75) is 46.5 Å². The fraction of sp³-hybridized carbons (Fsp3) is 0.550. The molecule has 6 nitrogen and oxygen atoms in total. The number of rotatable bonds is 6. The molecule has 0 aromatic heterocycles. The molecule has 0 heterocycles. The van der Waals surface area contributed by atoms with Gasteiger partial charge in [-0.2, -0.15) is 0 Å². The zero-order chi connectivity index (χ0) is 19.1. The van der Waals surface area contributed by atoms with E-state index in [2.05, 4.69) is 29.8 Å². The lowest BCUT2D eigenvalue weighted by Gasteiger charge is -2.27. The van der Waals surface area contributed by atoms with E-state index in [-0.39, 0.29) is 29.6 Å². The minimum atomic E-state index is -0.150. The van der Waals surface area contributed by atoms with E-state index >= 15 is 0 Å². The first kappa shape index (κ1) is 19.9. The summed E-state index contributed by atoms with van der Waals surface area (Å²) in [6.07, 6.45) is 2.93. The Morgan fingerprint density at radius 1 is 0.962 bits per heavy atom. The maximum Gasteiger partial charge on any atom is 0.227 e. The topological polar surface area (TPSA) is 87.3 Å². The van der Waals surface area contributed by atoms with Crippen LogP contribution >= 0.6 is 0 Å². The Hall–Kier alpha value is -2.37. The zero-order valence-electron chi connectivity index (χ0n) is 15.8. The van der Waals surface area contributed by atoms with Crippen molar-refractivity contribution in [2.24, 2.45) is 17.8 Å². The predicted molar refractivity (Wildman–Crippen MR) is 103 cm³/mol. The number of hydrogen-bond acceptors (Lipinski definition) is 3. The largest absolute Gasteiger partial charge is 0.356 e. The van der Waals surface area contributed by atoms with Crippen LogP contribution in [0.5, 0.6) is 0 Å². The highest BCUT2D eigenvalue weighted by Gasteiger charge is 2.29. The summed E-state index contributed by atoms with van der Waals surface area (Å²) in [5, 5.41) is 8.60. The van der Waals surface area contributed by atoms with Gasteiger partial charge in [0.1, 0.15) is 0 Å². The molecule has 1 fully saturated rings. The summed E-state index contributed by atoms with van der Waals surface area (Å²) in [5.41, 5.74) is 1.32. The quantitative estimate of drug-likeness (QED) is 0.729. The molecule has 3 amide bonds. The van der Waals surface area contributed by atoms with Crippen LogP contribution in [0.15, 0.2) is 24.3 Å². The van der Waals surface area contributed by atoms with E-state index in [4.69, 9.17) is 0 Å². The second-order valence-corrected chi connectivity index (χ2v) is 7.44. The molecular formula is C20H29N3O3. The van der Waals surface area contributed by atoms with Crippen molar-refractivity contribution in [1.82, 2.24) is 5.32 Å². The van der Waals surface area contributed by atoms with Crippen LogP contribution < -0.4 is 16.0 Å². The average Bonchev–Trinajstić information content (AvgIpc) is 2.59. The number of amides is 3. The van der Waals surface area contributed by atoms with Crippen LogP contribution in [0, 0.1) is 17.8 Å². The normalized spacial score (nSPS) is 19.7. The van der Waals surface area contributed by atoms with E-state index in [9.17, 15) is 14.4 Å². The molecular weight excluding hydrogens is 330 g/mol. The summed E-state index contributed by atoms with van der Waals surface area (Å²) < 4.78 is 0. The van der Waals surface area contributed by atoms with Crippen molar-refractivity contribution in [1.29, 1.82) is 0 Å². The van der Waals surface area contributed by atoms with E-state index in [1.165, 1.54) is 6.92 Å². The van der Waals surface area contributed by atoms with E-state index in [0.29, 0.717) is 23.8 Å². The van der Waals surface area contributed by atoms with Gasteiger partial charge in [0, 0.05) is 36.7 Å². The molecule has 3 N–H and O–H groups in total. The van der Waals surface area contributed by atoms with Gasteiger partial charge in [-0.15, -0.1) is 0 Å². The lowest BCUT2D eigenvalue weighted by molar-refractivity contribution is -0.128. The van der Waals surface area contributed by atoms with Crippen LogP contribution in [-0.4, -0.2) is 24.3 Å². The predicted octanol–water partition coefficient (Wildman–Crippen LogP) is 3.16. The molecule has 142 valence electrons. The van der Waals surface area contributed by atoms with Crippen molar-refractivity contribution < 1.29 is 14.4 Å². The second-order valence-electron chi connectivity index (χ2n) is 7.44. The number of benzene rings is 1. The van der Waals surface area contributed by atoms with Crippen molar-refractivity contribution in [3.63, 3.8) is 0 Å². The third-order valence-electron chi connectivity index (χ3n) is 4.60. The minimum Gasteiger partial charge on any atom is -0.356 e. The molecule has 1 aliphatic carbocycles. The molecule has 0 saturated heterocycles. The van der Waals surface area contributed by atoms with Crippen LogP contribution in [-0.2, 0) is 14.4 Å². The molecule has 0 aliphatic heterocycles. The molecule has 0 spiro atoms. The Bertz CT molecular complexity index is 649. The van der Waals surface area contributed by atoms with Gasteiger partial charge in [0.2, 0.25) is 17.7 Å².